The van der Waals surface area contributed by atoms with Gasteiger partial charge in [-0.3, -0.25) is 5.01 Å². The van der Waals surface area contributed by atoms with E-state index in [1.165, 1.54) is 0 Å². The largest absolute Gasteiger partial charge is 0.296 e. The minimum atomic E-state index is 1.14. The summed E-state index contributed by atoms with van der Waals surface area (Å²) in [5.74, 6) is 0. The van der Waals surface area contributed by atoms with Gasteiger partial charge in [-0.2, -0.15) is 0 Å². The minimum Gasteiger partial charge on any atom is -0.296 e. The van der Waals surface area contributed by atoms with E-state index in [2.05, 4.69) is 4.99 Å². The molecule has 58 valence electrons. The lowest BCUT2D eigenvalue weighted by Crippen LogP contribution is -2.39. The molecule has 0 aliphatic carbocycles. The number of fused-ring (bicyclic) bond motifs is 1. The van der Waals surface area contributed by atoms with Crippen molar-refractivity contribution in [1.82, 2.24) is 15.1 Å². The molecule has 0 saturated heterocycles. The Labute approximate surface area is 65.7 Å². The van der Waals surface area contributed by atoms with Crippen LogP contribution in [0.1, 0.15) is 0 Å². The van der Waals surface area contributed by atoms with E-state index in [0.29, 0.717) is 0 Å². The van der Waals surface area contributed by atoms with E-state index in [1.807, 2.05) is 41.5 Å². The van der Waals surface area contributed by atoms with Crippen LogP contribution >= 0.6 is 0 Å². The van der Waals surface area contributed by atoms with Gasteiger partial charge in [-0.1, -0.05) is 0 Å². The van der Waals surface area contributed by atoms with E-state index in [4.69, 9.17) is 0 Å². The van der Waals surface area contributed by atoms with Crippen LogP contribution in [0.25, 0.3) is 0 Å². The van der Waals surface area contributed by atoms with Gasteiger partial charge < -0.3 is 0 Å². The van der Waals surface area contributed by atoms with Gasteiger partial charge in [-0.25, -0.2) is 10.0 Å². The number of hydrogen-bond donors (Lipinski definition) is 0. The number of hydrogen-bond acceptors (Lipinski definition) is 4. The van der Waals surface area contributed by atoms with Crippen LogP contribution in [0.4, 0.5) is 0 Å². The zero-order valence-corrected chi connectivity index (χ0v) is 6.60. The summed E-state index contributed by atoms with van der Waals surface area (Å²) in [7, 11) is 3.97. The molecule has 4 nitrogen and oxygen atoms in total. The third-order valence-electron chi connectivity index (χ3n) is 1.86. The zero-order chi connectivity index (χ0) is 7.84. The van der Waals surface area contributed by atoms with E-state index >= 15 is 0 Å². The Morgan fingerprint density at radius 1 is 1.36 bits per heavy atom. The molecule has 0 aromatic heterocycles. The molecule has 0 unspecified atom stereocenters. The highest BCUT2D eigenvalue weighted by Crippen LogP contribution is 2.19. The van der Waals surface area contributed by atoms with Gasteiger partial charge in [0.15, 0.2) is 0 Å². The second-order valence-corrected chi connectivity index (χ2v) is 2.54. The summed E-state index contributed by atoms with van der Waals surface area (Å²) in [4.78, 5) is 4.02. The Balaban J connectivity index is 2.32. The average Bonchev–Trinajstić information content (AvgIpc) is 2.30. The SMILES string of the molecule is CN1C=C2C=CN=CN2N1C. The molecule has 2 rings (SSSR count). The van der Waals surface area contributed by atoms with Crippen LogP contribution in [-0.4, -0.2) is 35.6 Å². The van der Waals surface area contributed by atoms with Crippen molar-refractivity contribution in [3.63, 3.8) is 0 Å². The molecule has 0 bridgehead atoms. The molecule has 2 aliphatic rings. The predicted octanol–water partition coefficient (Wildman–Crippen LogP) is 0.393. The fourth-order valence-electron chi connectivity index (χ4n) is 1.14. The quantitative estimate of drug-likeness (QED) is 0.499. The Morgan fingerprint density at radius 3 is 2.91 bits per heavy atom. The van der Waals surface area contributed by atoms with Crippen molar-refractivity contribution in [3.05, 3.63) is 24.2 Å². The topological polar surface area (TPSA) is 22.1 Å². The minimum absolute atomic E-state index is 1.14. The lowest BCUT2D eigenvalue weighted by atomic mass is 10.4. The summed E-state index contributed by atoms with van der Waals surface area (Å²) in [5.41, 5.74) is 1.14. The Morgan fingerprint density at radius 2 is 2.18 bits per heavy atom. The maximum atomic E-state index is 4.02. The number of rotatable bonds is 0. The molecular formula is C7H10N4. The Hall–Kier alpha value is -1.29. The lowest BCUT2D eigenvalue weighted by Gasteiger charge is -2.28. The summed E-state index contributed by atoms with van der Waals surface area (Å²) in [6.07, 6.45) is 7.59. The van der Waals surface area contributed by atoms with Crippen LogP contribution in [-0.2, 0) is 0 Å². The van der Waals surface area contributed by atoms with Crippen molar-refractivity contribution >= 4 is 6.34 Å². The Kier molecular flexibility index (Phi) is 1.22. The van der Waals surface area contributed by atoms with E-state index in [0.717, 1.165) is 5.70 Å². The molecule has 0 saturated carbocycles. The van der Waals surface area contributed by atoms with Crippen LogP contribution < -0.4 is 0 Å². The van der Waals surface area contributed by atoms with Gasteiger partial charge in [0.05, 0.1) is 5.70 Å². The smallest absolute Gasteiger partial charge is 0.112 e. The molecule has 0 radical (unpaired) electrons. The van der Waals surface area contributed by atoms with Gasteiger partial charge in [0.2, 0.25) is 0 Å². The summed E-state index contributed by atoms with van der Waals surface area (Å²) >= 11 is 0. The first-order valence-corrected chi connectivity index (χ1v) is 3.46. The first-order chi connectivity index (χ1) is 5.29. The molecule has 0 atom stereocenters. The van der Waals surface area contributed by atoms with Gasteiger partial charge in [-0.15, -0.1) is 5.12 Å². The molecule has 2 heterocycles. The third kappa shape index (κ3) is 0.832. The predicted molar refractivity (Wildman–Crippen MR) is 43.1 cm³/mol. The van der Waals surface area contributed by atoms with Gasteiger partial charge in [0.25, 0.3) is 0 Å². The van der Waals surface area contributed by atoms with Crippen LogP contribution in [0.3, 0.4) is 0 Å². The number of hydrazine groups is 2. The van der Waals surface area contributed by atoms with Crippen LogP contribution in [0.15, 0.2) is 29.2 Å². The molecule has 0 aromatic carbocycles. The highest BCUT2D eigenvalue weighted by atomic mass is 15.9. The Bertz CT molecular complexity index is 253. The molecule has 2 aliphatic heterocycles. The van der Waals surface area contributed by atoms with Crippen LogP contribution in [0, 0.1) is 0 Å². The summed E-state index contributed by atoms with van der Waals surface area (Å²) in [6, 6.07) is 0. The monoisotopic (exact) mass is 150 g/mol. The van der Waals surface area contributed by atoms with Crippen molar-refractivity contribution < 1.29 is 0 Å². The van der Waals surface area contributed by atoms with Gasteiger partial charge >= 0.3 is 0 Å². The van der Waals surface area contributed by atoms with E-state index in [1.54, 1.807) is 12.5 Å². The zero-order valence-electron chi connectivity index (χ0n) is 6.60. The number of allylic oxidation sites excluding steroid dienone is 1. The van der Waals surface area contributed by atoms with Crippen molar-refractivity contribution in [3.8, 4) is 0 Å². The standard InChI is InChI=1S/C7H10N4/c1-9-5-7-3-4-8-6-11(7)10(9)2/h3-6H,1-2H3. The molecule has 0 amide bonds. The van der Waals surface area contributed by atoms with E-state index < -0.39 is 0 Å². The van der Waals surface area contributed by atoms with Crippen molar-refractivity contribution in [2.24, 2.45) is 4.99 Å². The van der Waals surface area contributed by atoms with Crippen molar-refractivity contribution in [2.45, 2.75) is 0 Å². The molecule has 0 fully saturated rings. The van der Waals surface area contributed by atoms with Gasteiger partial charge in [-0.05, 0) is 6.08 Å². The molecular weight excluding hydrogens is 140 g/mol. The van der Waals surface area contributed by atoms with E-state index in [9.17, 15) is 0 Å². The second-order valence-electron chi connectivity index (χ2n) is 2.54. The maximum absolute atomic E-state index is 4.02. The summed E-state index contributed by atoms with van der Waals surface area (Å²) in [6.45, 7) is 0. The van der Waals surface area contributed by atoms with Crippen molar-refractivity contribution in [2.75, 3.05) is 14.1 Å². The van der Waals surface area contributed by atoms with Crippen LogP contribution in [0.5, 0.6) is 0 Å². The fraction of sp³-hybridized carbons (Fsp3) is 0.286. The molecule has 0 aromatic rings. The average molecular weight is 150 g/mol. The first kappa shape index (κ1) is 6.42. The number of aliphatic imine (C=N–C) groups is 1. The molecule has 0 N–H and O–H groups in total. The summed E-state index contributed by atoms with van der Waals surface area (Å²) < 4.78 is 0. The van der Waals surface area contributed by atoms with Gasteiger partial charge in [0.1, 0.15) is 6.34 Å². The molecule has 0 spiro atoms. The first-order valence-electron chi connectivity index (χ1n) is 3.46. The maximum Gasteiger partial charge on any atom is 0.112 e. The third-order valence-corrected chi connectivity index (χ3v) is 1.86. The molecule has 11 heavy (non-hydrogen) atoms. The molecule has 4 heteroatoms. The normalized spacial score (nSPS) is 22.5. The van der Waals surface area contributed by atoms with Crippen LogP contribution in [0.2, 0.25) is 0 Å². The second kappa shape index (κ2) is 2.10. The summed E-state index contributed by atoms with van der Waals surface area (Å²) in [5, 5.41) is 5.94. The van der Waals surface area contributed by atoms with Gasteiger partial charge in [0, 0.05) is 26.5 Å². The lowest BCUT2D eigenvalue weighted by molar-refractivity contribution is -0.0233. The highest BCUT2D eigenvalue weighted by molar-refractivity contribution is 5.62. The fourth-order valence-corrected chi connectivity index (χ4v) is 1.14. The highest BCUT2D eigenvalue weighted by Gasteiger charge is 2.22. The van der Waals surface area contributed by atoms with Crippen molar-refractivity contribution in [1.29, 1.82) is 0 Å². The number of nitrogens with zero attached hydrogens (tertiary/aromatic N) is 4. The van der Waals surface area contributed by atoms with E-state index in [-0.39, 0.29) is 0 Å².